The number of halogens is 1. The number of hydrogen-bond donors (Lipinski definition) is 1. The fraction of sp³-hybridized carbons (Fsp3) is 0.429. The number of Topliss-reactive ketones (excluding diaryl/α,β-unsaturated/α-hetero) is 1. The number of carbonyl (C=O) groups is 2. The fourth-order valence-electron chi connectivity index (χ4n) is 2.67. The number of benzene rings is 1. The van der Waals surface area contributed by atoms with Crippen molar-refractivity contribution in [2.75, 3.05) is 0 Å². The highest BCUT2D eigenvalue weighted by Crippen LogP contribution is 2.31. The smallest absolute Gasteiger partial charge is 0.322 e. The standard InChI is InChI=1S/C14H15FO5S/c15-10-4-6-12(7-5-10)21(19,20)13(14(17)18)9-2-1-3-11(16)8-9/h4-7,9,13H,1-3,8H2,(H,17,18). The normalized spacial score (nSPS) is 21.0. The largest absolute Gasteiger partial charge is 0.480 e. The van der Waals surface area contributed by atoms with Crippen molar-refractivity contribution in [3.05, 3.63) is 30.1 Å². The summed E-state index contributed by atoms with van der Waals surface area (Å²) in [6.07, 6.45) is 1.19. The molecule has 0 spiro atoms. The first-order chi connectivity index (χ1) is 9.82. The zero-order valence-corrected chi connectivity index (χ0v) is 12.0. The van der Waals surface area contributed by atoms with Gasteiger partial charge in [-0.15, -0.1) is 0 Å². The molecule has 1 aromatic rings. The van der Waals surface area contributed by atoms with Crippen molar-refractivity contribution >= 4 is 21.6 Å². The van der Waals surface area contributed by atoms with Crippen LogP contribution < -0.4 is 0 Å². The maximum absolute atomic E-state index is 12.9. The molecule has 1 aromatic carbocycles. The molecule has 7 heteroatoms. The SMILES string of the molecule is O=C1CCCC(C(C(=O)O)S(=O)(=O)c2ccc(F)cc2)C1. The van der Waals surface area contributed by atoms with E-state index in [2.05, 4.69) is 0 Å². The molecule has 0 bridgehead atoms. The van der Waals surface area contributed by atoms with Crippen LogP contribution in [-0.2, 0) is 19.4 Å². The van der Waals surface area contributed by atoms with Gasteiger partial charge in [0.25, 0.3) is 0 Å². The van der Waals surface area contributed by atoms with Crippen molar-refractivity contribution in [2.24, 2.45) is 5.92 Å². The lowest BCUT2D eigenvalue weighted by Gasteiger charge is -2.26. The molecule has 2 unspecified atom stereocenters. The molecule has 2 atom stereocenters. The van der Waals surface area contributed by atoms with Crippen LogP contribution in [0.1, 0.15) is 25.7 Å². The van der Waals surface area contributed by atoms with Gasteiger partial charge in [0.2, 0.25) is 0 Å². The Bertz CT molecular complexity index is 650. The summed E-state index contributed by atoms with van der Waals surface area (Å²) in [5.74, 6) is -2.93. The minimum atomic E-state index is -4.16. The van der Waals surface area contributed by atoms with Crippen molar-refractivity contribution < 1.29 is 27.5 Å². The predicted octanol–water partition coefficient (Wildman–Crippen LogP) is 1.81. The Morgan fingerprint density at radius 3 is 2.43 bits per heavy atom. The Balaban J connectivity index is 2.39. The van der Waals surface area contributed by atoms with Crippen LogP contribution in [0.5, 0.6) is 0 Å². The number of rotatable bonds is 4. The quantitative estimate of drug-likeness (QED) is 0.856. The van der Waals surface area contributed by atoms with Gasteiger partial charge in [0, 0.05) is 12.8 Å². The molecule has 1 aliphatic carbocycles. The predicted molar refractivity (Wildman–Crippen MR) is 72.0 cm³/mol. The molecule has 0 aliphatic heterocycles. The minimum absolute atomic E-state index is 0.0443. The van der Waals surface area contributed by atoms with Gasteiger partial charge >= 0.3 is 5.97 Å². The molecule has 1 aliphatic rings. The number of aliphatic carboxylic acids is 1. The number of carboxylic acid groups (broad SMARTS) is 1. The topological polar surface area (TPSA) is 88.5 Å². The Labute approximate surface area is 121 Å². The van der Waals surface area contributed by atoms with Crippen LogP contribution in [0, 0.1) is 11.7 Å². The van der Waals surface area contributed by atoms with Gasteiger partial charge in [-0.2, -0.15) is 0 Å². The summed E-state index contributed by atoms with van der Waals surface area (Å²) in [5, 5.41) is 7.62. The van der Waals surface area contributed by atoms with E-state index in [1.165, 1.54) is 0 Å². The van der Waals surface area contributed by atoms with Crippen LogP contribution in [-0.4, -0.2) is 30.5 Å². The molecule has 114 valence electrons. The van der Waals surface area contributed by atoms with Gasteiger partial charge in [-0.3, -0.25) is 9.59 Å². The maximum Gasteiger partial charge on any atom is 0.322 e. The van der Waals surface area contributed by atoms with E-state index in [1.54, 1.807) is 0 Å². The second-order valence-corrected chi connectivity index (χ2v) is 7.22. The third kappa shape index (κ3) is 3.29. The monoisotopic (exact) mass is 314 g/mol. The Morgan fingerprint density at radius 2 is 1.90 bits per heavy atom. The maximum atomic E-state index is 12.9. The molecule has 2 rings (SSSR count). The second kappa shape index (κ2) is 5.93. The molecule has 1 fully saturated rings. The van der Waals surface area contributed by atoms with E-state index >= 15 is 0 Å². The van der Waals surface area contributed by atoms with E-state index in [9.17, 15) is 27.5 Å². The summed E-state index contributed by atoms with van der Waals surface area (Å²) in [7, 11) is -4.16. The minimum Gasteiger partial charge on any atom is -0.480 e. The lowest BCUT2D eigenvalue weighted by Crippen LogP contribution is -2.39. The molecular formula is C14H15FO5S. The fourth-order valence-corrected chi connectivity index (χ4v) is 4.49. The first kappa shape index (κ1) is 15.6. The number of carboxylic acids is 1. The van der Waals surface area contributed by atoms with Crippen molar-refractivity contribution in [1.29, 1.82) is 0 Å². The zero-order chi connectivity index (χ0) is 15.6. The average molecular weight is 314 g/mol. The summed E-state index contributed by atoms with van der Waals surface area (Å²) >= 11 is 0. The van der Waals surface area contributed by atoms with Crippen molar-refractivity contribution in [1.82, 2.24) is 0 Å². The summed E-state index contributed by atoms with van der Waals surface area (Å²) in [6.45, 7) is 0. The molecular weight excluding hydrogens is 299 g/mol. The van der Waals surface area contributed by atoms with Crippen molar-refractivity contribution in [3.63, 3.8) is 0 Å². The van der Waals surface area contributed by atoms with Gasteiger partial charge in [0.05, 0.1) is 4.90 Å². The van der Waals surface area contributed by atoms with E-state index in [1.807, 2.05) is 0 Å². The molecule has 0 amide bonds. The molecule has 1 saturated carbocycles. The average Bonchev–Trinajstić information content (AvgIpc) is 2.38. The van der Waals surface area contributed by atoms with Crippen LogP contribution in [0.15, 0.2) is 29.2 Å². The zero-order valence-electron chi connectivity index (χ0n) is 11.2. The van der Waals surface area contributed by atoms with Gasteiger partial charge in [-0.25, -0.2) is 12.8 Å². The highest BCUT2D eigenvalue weighted by Gasteiger charge is 2.42. The first-order valence-electron chi connectivity index (χ1n) is 6.56. The Kier molecular flexibility index (Phi) is 4.41. The van der Waals surface area contributed by atoms with Crippen molar-refractivity contribution in [2.45, 2.75) is 35.8 Å². The third-order valence-corrected chi connectivity index (χ3v) is 5.85. The summed E-state index contributed by atoms with van der Waals surface area (Å²) < 4.78 is 37.8. The van der Waals surface area contributed by atoms with Crippen LogP contribution in [0.2, 0.25) is 0 Å². The van der Waals surface area contributed by atoms with Crippen LogP contribution in [0.25, 0.3) is 0 Å². The molecule has 5 nitrogen and oxygen atoms in total. The van der Waals surface area contributed by atoms with E-state index in [0.717, 1.165) is 24.3 Å². The number of hydrogen-bond acceptors (Lipinski definition) is 4. The molecule has 0 aromatic heterocycles. The number of ketones is 1. The number of sulfone groups is 1. The Morgan fingerprint density at radius 1 is 1.29 bits per heavy atom. The van der Waals surface area contributed by atoms with Gasteiger partial charge in [-0.1, -0.05) is 0 Å². The van der Waals surface area contributed by atoms with Gasteiger partial charge in [-0.05, 0) is 43.0 Å². The third-order valence-electron chi connectivity index (χ3n) is 3.67. The first-order valence-corrected chi connectivity index (χ1v) is 8.11. The van der Waals surface area contributed by atoms with Gasteiger partial charge in [0.15, 0.2) is 15.1 Å². The lowest BCUT2D eigenvalue weighted by atomic mass is 9.86. The van der Waals surface area contributed by atoms with Crippen LogP contribution in [0.4, 0.5) is 4.39 Å². The molecule has 0 heterocycles. The lowest BCUT2D eigenvalue weighted by molar-refractivity contribution is -0.138. The van der Waals surface area contributed by atoms with Gasteiger partial charge < -0.3 is 5.11 Å². The van der Waals surface area contributed by atoms with E-state index in [-0.39, 0.29) is 17.1 Å². The van der Waals surface area contributed by atoms with E-state index < -0.39 is 32.8 Å². The van der Waals surface area contributed by atoms with Gasteiger partial charge in [0.1, 0.15) is 11.6 Å². The number of carbonyl (C=O) groups excluding carboxylic acids is 1. The van der Waals surface area contributed by atoms with Crippen LogP contribution in [0.3, 0.4) is 0 Å². The second-order valence-electron chi connectivity index (χ2n) is 5.15. The summed E-state index contributed by atoms with van der Waals surface area (Å²) in [6, 6.07) is 4.03. The molecule has 1 N–H and O–H groups in total. The molecule has 0 radical (unpaired) electrons. The van der Waals surface area contributed by atoms with E-state index in [0.29, 0.717) is 19.3 Å². The van der Waals surface area contributed by atoms with Crippen LogP contribution >= 0.6 is 0 Å². The highest BCUT2D eigenvalue weighted by atomic mass is 32.2. The molecule has 21 heavy (non-hydrogen) atoms. The highest BCUT2D eigenvalue weighted by molar-refractivity contribution is 7.92. The Hall–Kier alpha value is -1.76. The summed E-state index contributed by atoms with van der Waals surface area (Å²) in [5.41, 5.74) is 0. The van der Waals surface area contributed by atoms with Crippen molar-refractivity contribution in [3.8, 4) is 0 Å². The summed E-state index contributed by atoms with van der Waals surface area (Å²) in [4.78, 5) is 22.7. The molecule has 0 saturated heterocycles. The van der Waals surface area contributed by atoms with E-state index in [4.69, 9.17) is 0 Å².